The quantitative estimate of drug-likeness (QED) is 0.207. The fourth-order valence-corrected chi connectivity index (χ4v) is 3.44. The van der Waals surface area contributed by atoms with Crippen molar-refractivity contribution >= 4 is 34.9 Å². The van der Waals surface area contributed by atoms with E-state index in [9.17, 15) is 4.79 Å². The number of thioether (sulfide) groups is 1. The average molecular weight is 411 g/mol. The van der Waals surface area contributed by atoms with Crippen molar-refractivity contribution in [2.75, 3.05) is 12.4 Å². The largest absolute Gasteiger partial charge is 0.493 e. The highest BCUT2D eigenvalue weighted by Crippen LogP contribution is 2.19. The standard InChI is InChI=1S/C22H26N4O2S/c1-2-3-4-9-14-28-20-13-8-5-10-17(20)15-23-26-21(27)16-29-22-24-18-11-6-7-12-19(18)25-22/h5-8,10-13,15H,2-4,9,14,16H2,1H3,(H,24,25)(H,26,27)/b23-15-. The number of H-pyrrole nitrogens is 1. The second-order valence-electron chi connectivity index (χ2n) is 6.59. The number of nitrogens with zero attached hydrogens (tertiary/aromatic N) is 2. The predicted octanol–water partition coefficient (Wildman–Crippen LogP) is 4.76. The number of para-hydroxylation sites is 3. The number of nitrogens with one attached hydrogen (secondary N) is 2. The summed E-state index contributed by atoms with van der Waals surface area (Å²) in [6.45, 7) is 2.88. The van der Waals surface area contributed by atoms with Crippen molar-refractivity contribution in [3.8, 4) is 5.75 Å². The van der Waals surface area contributed by atoms with Crippen molar-refractivity contribution in [1.29, 1.82) is 0 Å². The number of hydrogen-bond acceptors (Lipinski definition) is 5. The molecule has 152 valence electrons. The van der Waals surface area contributed by atoms with E-state index in [4.69, 9.17) is 4.74 Å². The molecular weight excluding hydrogens is 384 g/mol. The van der Waals surface area contributed by atoms with Crippen LogP contribution in [0.15, 0.2) is 58.8 Å². The first-order valence-electron chi connectivity index (χ1n) is 9.87. The molecule has 3 aromatic rings. The molecule has 0 radical (unpaired) electrons. The van der Waals surface area contributed by atoms with Gasteiger partial charge in [-0.2, -0.15) is 5.10 Å². The Hall–Kier alpha value is -2.80. The van der Waals surface area contributed by atoms with Crippen LogP contribution in [-0.2, 0) is 4.79 Å². The summed E-state index contributed by atoms with van der Waals surface area (Å²) in [5.41, 5.74) is 5.25. The molecule has 0 aliphatic carbocycles. The van der Waals surface area contributed by atoms with Gasteiger partial charge in [-0.1, -0.05) is 62.2 Å². The average Bonchev–Trinajstić information content (AvgIpc) is 3.16. The third-order valence-electron chi connectivity index (χ3n) is 4.27. The summed E-state index contributed by atoms with van der Waals surface area (Å²) < 4.78 is 5.85. The molecule has 29 heavy (non-hydrogen) atoms. The molecule has 0 saturated carbocycles. The lowest BCUT2D eigenvalue weighted by molar-refractivity contribution is -0.118. The Bertz CT molecular complexity index is 922. The van der Waals surface area contributed by atoms with E-state index >= 15 is 0 Å². The lowest BCUT2D eigenvalue weighted by Crippen LogP contribution is -2.19. The number of aromatic nitrogens is 2. The number of benzene rings is 2. The van der Waals surface area contributed by atoms with Crippen molar-refractivity contribution < 1.29 is 9.53 Å². The Morgan fingerprint density at radius 2 is 2.00 bits per heavy atom. The van der Waals surface area contributed by atoms with Gasteiger partial charge in [-0.05, 0) is 30.7 Å². The topological polar surface area (TPSA) is 79.4 Å². The van der Waals surface area contributed by atoms with E-state index in [1.165, 1.54) is 31.0 Å². The first-order chi connectivity index (χ1) is 14.3. The maximum atomic E-state index is 12.1. The molecule has 1 aromatic heterocycles. The first kappa shape index (κ1) is 20.9. The van der Waals surface area contributed by atoms with Gasteiger partial charge >= 0.3 is 0 Å². The molecule has 0 spiro atoms. The lowest BCUT2D eigenvalue weighted by atomic mass is 10.2. The Morgan fingerprint density at radius 3 is 2.86 bits per heavy atom. The Morgan fingerprint density at radius 1 is 1.17 bits per heavy atom. The van der Waals surface area contributed by atoms with Crippen LogP contribution in [0.3, 0.4) is 0 Å². The minimum atomic E-state index is -0.190. The van der Waals surface area contributed by atoms with E-state index in [2.05, 4.69) is 27.4 Å². The summed E-state index contributed by atoms with van der Waals surface area (Å²) in [4.78, 5) is 19.7. The van der Waals surface area contributed by atoms with Gasteiger partial charge in [0, 0.05) is 5.56 Å². The van der Waals surface area contributed by atoms with Crippen LogP contribution in [0.5, 0.6) is 5.75 Å². The van der Waals surface area contributed by atoms with E-state index in [0.717, 1.165) is 28.8 Å². The van der Waals surface area contributed by atoms with Gasteiger partial charge in [0.2, 0.25) is 0 Å². The fraction of sp³-hybridized carbons (Fsp3) is 0.318. The Kier molecular flexibility index (Phi) is 8.12. The third-order valence-corrected chi connectivity index (χ3v) is 5.15. The van der Waals surface area contributed by atoms with E-state index in [1.807, 2.05) is 48.5 Å². The van der Waals surface area contributed by atoms with Crippen LogP contribution in [0, 0.1) is 0 Å². The zero-order valence-electron chi connectivity index (χ0n) is 16.6. The minimum Gasteiger partial charge on any atom is -0.493 e. The molecule has 2 N–H and O–H groups in total. The molecule has 3 rings (SSSR count). The van der Waals surface area contributed by atoms with Gasteiger partial charge in [0.15, 0.2) is 5.16 Å². The van der Waals surface area contributed by atoms with Crippen LogP contribution in [0.1, 0.15) is 38.2 Å². The summed E-state index contributed by atoms with van der Waals surface area (Å²) in [5, 5.41) is 4.78. The van der Waals surface area contributed by atoms with Crippen LogP contribution >= 0.6 is 11.8 Å². The Balaban J connectivity index is 1.45. The number of unbranched alkanes of at least 4 members (excludes halogenated alkanes) is 3. The second kappa shape index (κ2) is 11.3. The van der Waals surface area contributed by atoms with E-state index < -0.39 is 0 Å². The van der Waals surface area contributed by atoms with Gasteiger partial charge in [-0.25, -0.2) is 10.4 Å². The number of fused-ring (bicyclic) bond motifs is 1. The van der Waals surface area contributed by atoms with Gasteiger partial charge in [-0.3, -0.25) is 4.79 Å². The minimum absolute atomic E-state index is 0.190. The molecule has 0 fully saturated rings. The lowest BCUT2D eigenvalue weighted by Gasteiger charge is -2.08. The van der Waals surface area contributed by atoms with Crippen molar-refractivity contribution in [3.05, 3.63) is 54.1 Å². The number of hydrogen-bond donors (Lipinski definition) is 2. The van der Waals surface area contributed by atoms with Gasteiger partial charge in [-0.15, -0.1) is 0 Å². The number of carbonyl (C=O) groups is 1. The highest BCUT2D eigenvalue weighted by atomic mass is 32.2. The number of carbonyl (C=O) groups excluding carboxylic acids is 1. The first-order valence-corrected chi connectivity index (χ1v) is 10.9. The van der Waals surface area contributed by atoms with Crippen molar-refractivity contribution in [3.63, 3.8) is 0 Å². The SMILES string of the molecule is CCCCCCOc1ccccc1/C=N\NC(=O)CSc1nc2ccccc2[nH]1. The van der Waals surface area contributed by atoms with Gasteiger partial charge in [0.25, 0.3) is 5.91 Å². The molecular formula is C22H26N4O2S. The molecule has 0 atom stereocenters. The molecule has 6 nitrogen and oxygen atoms in total. The van der Waals surface area contributed by atoms with Crippen LogP contribution < -0.4 is 10.2 Å². The van der Waals surface area contributed by atoms with E-state index in [-0.39, 0.29) is 11.7 Å². The molecule has 0 saturated heterocycles. The highest BCUT2D eigenvalue weighted by Gasteiger charge is 2.06. The Labute approximate surface area is 175 Å². The van der Waals surface area contributed by atoms with Crippen molar-refractivity contribution in [2.45, 2.75) is 37.8 Å². The molecule has 0 aliphatic heterocycles. The second-order valence-corrected chi connectivity index (χ2v) is 7.55. The fourth-order valence-electron chi connectivity index (χ4n) is 2.77. The molecule has 0 aliphatic rings. The molecule has 0 unspecified atom stereocenters. The van der Waals surface area contributed by atoms with Crippen LogP contribution in [-0.4, -0.2) is 34.4 Å². The molecule has 1 amide bonds. The summed E-state index contributed by atoms with van der Waals surface area (Å²) in [5.74, 6) is 0.815. The number of ether oxygens (including phenoxy) is 1. The van der Waals surface area contributed by atoms with Crippen LogP contribution in [0.25, 0.3) is 11.0 Å². The summed E-state index contributed by atoms with van der Waals surface area (Å²) in [6, 6.07) is 15.5. The number of hydrazone groups is 1. The maximum absolute atomic E-state index is 12.1. The third kappa shape index (κ3) is 6.64. The number of rotatable bonds is 11. The predicted molar refractivity (Wildman–Crippen MR) is 119 cm³/mol. The zero-order chi connectivity index (χ0) is 20.3. The highest BCUT2D eigenvalue weighted by molar-refractivity contribution is 7.99. The van der Waals surface area contributed by atoms with Gasteiger partial charge in [0.05, 0.1) is 29.6 Å². The monoisotopic (exact) mass is 410 g/mol. The number of amides is 1. The zero-order valence-corrected chi connectivity index (χ0v) is 17.4. The number of imidazole rings is 1. The van der Waals surface area contributed by atoms with Crippen LogP contribution in [0.2, 0.25) is 0 Å². The van der Waals surface area contributed by atoms with Gasteiger partial charge in [0.1, 0.15) is 5.75 Å². The maximum Gasteiger partial charge on any atom is 0.250 e. The van der Waals surface area contributed by atoms with E-state index in [0.29, 0.717) is 11.8 Å². The smallest absolute Gasteiger partial charge is 0.250 e. The molecule has 1 heterocycles. The number of aromatic amines is 1. The summed E-state index contributed by atoms with van der Waals surface area (Å²) >= 11 is 1.34. The summed E-state index contributed by atoms with van der Waals surface area (Å²) in [6.07, 6.45) is 6.26. The van der Waals surface area contributed by atoms with E-state index in [1.54, 1.807) is 6.21 Å². The van der Waals surface area contributed by atoms with Crippen molar-refractivity contribution in [2.24, 2.45) is 5.10 Å². The molecule has 7 heteroatoms. The van der Waals surface area contributed by atoms with Gasteiger partial charge < -0.3 is 9.72 Å². The van der Waals surface area contributed by atoms with Crippen LogP contribution in [0.4, 0.5) is 0 Å². The normalized spacial score (nSPS) is 11.2. The molecule has 2 aromatic carbocycles. The molecule has 0 bridgehead atoms. The summed E-state index contributed by atoms with van der Waals surface area (Å²) in [7, 11) is 0. The van der Waals surface area contributed by atoms with Crippen molar-refractivity contribution in [1.82, 2.24) is 15.4 Å².